The van der Waals surface area contributed by atoms with Gasteiger partial charge in [0.1, 0.15) is 0 Å². The van der Waals surface area contributed by atoms with Crippen LogP contribution in [0.4, 0.5) is 0 Å². The fraction of sp³-hybridized carbons (Fsp3) is 0.462. The van der Waals surface area contributed by atoms with Crippen LogP contribution in [0, 0.1) is 6.92 Å². The van der Waals surface area contributed by atoms with E-state index in [-0.39, 0.29) is 5.91 Å². The molecule has 1 fully saturated rings. The lowest BCUT2D eigenvalue weighted by molar-refractivity contribution is -0.121. The fourth-order valence-electron chi connectivity index (χ4n) is 2.03. The SMILES string of the molecule is Cc1ccccc1CCC1CNC(=O)CN1. The standard InChI is InChI=1S/C13H18N2O/c1-10-4-2-3-5-11(10)6-7-12-8-15-13(16)9-14-12/h2-5,12,14H,6-9H2,1H3,(H,15,16). The molecule has 86 valence electrons. The number of nitrogens with one attached hydrogen (secondary N) is 2. The second kappa shape index (κ2) is 5.12. The van der Waals surface area contributed by atoms with Crippen LogP contribution >= 0.6 is 0 Å². The molecule has 1 atom stereocenters. The van der Waals surface area contributed by atoms with E-state index >= 15 is 0 Å². The largest absolute Gasteiger partial charge is 0.353 e. The fourth-order valence-corrected chi connectivity index (χ4v) is 2.03. The van der Waals surface area contributed by atoms with Gasteiger partial charge in [-0.1, -0.05) is 24.3 Å². The summed E-state index contributed by atoms with van der Waals surface area (Å²) in [4.78, 5) is 11.0. The van der Waals surface area contributed by atoms with Crippen molar-refractivity contribution in [2.24, 2.45) is 0 Å². The second-order valence-corrected chi connectivity index (χ2v) is 4.35. The van der Waals surface area contributed by atoms with Crippen molar-refractivity contribution in [2.75, 3.05) is 13.1 Å². The van der Waals surface area contributed by atoms with E-state index in [0.717, 1.165) is 19.4 Å². The van der Waals surface area contributed by atoms with Crippen LogP contribution in [0.3, 0.4) is 0 Å². The number of aryl methyl sites for hydroxylation is 2. The van der Waals surface area contributed by atoms with Gasteiger partial charge in [0.25, 0.3) is 0 Å². The Balaban J connectivity index is 1.84. The Hall–Kier alpha value is -1.35. The molecule has 2 rings (SSSR count). The molecule has 0 aliphatic carbocycles. The molecule has 3 nitrogen and oxygen atoms in total. The van der Waals surface area contributed by atoms with Crippen molar-refractivity contribution in [3.05, 3.63) is 35.4 Å². The third-order valence-electron chi connectivity index (χ3n) is 3.12. The zero-order chi connectivity index (χ0) is 11.4. The quantitative estimate of drug-likeness (QED) is 0.795. The van der Waals surface area contributed by atoms with Crippen LogP contribution in [0.25, 0.3) is 0 Å². The Morgan fingerprint density at radius 1 is 1.38 bits per heavy atom. The first kappa shape index (κ1) is 11.1. The van der Waals surface area contributed by atoms with Crippen molar-refractivity contribution in [3.63, 3.8) is 0 Å². The van der Waals surface area contributed by atoms with Gasteiger partial charge in [0, 0.05) is 12.6 Å². The van der Waals surface area contributed by atoms with Crippen molar-refractivity contribution in [2.45, 2.75) is 25.8 Å². The zero-order valence-electron chi connectivity index (χ0n) is 9.62. The molecule has 1 aromatic carbocycles. The highest BCUT2D eigenvalue weighted by Crippen LogP contribution is 2.11. The molecule has 0 bridgehead atoms. The van der Waals surface area contributed by atoms with E-state index in [1.165, 1.54) is 11.1 Å². The normalized spacial score (nSPS) is 20.6. The maximum atomic E-state index is 11.0. The maximum Gasteiger partial charge on any atom is 0.234 e. The van der Waals surface area contributed by atoms with Gasteiger partial charge in [0.05, 0.1) is 6.54 Å². The minimum atomic E-state index is 0.104. The van der Waals surface area contributed by atoms with Crippen LogP contribution in [0.15, 0.2) is 24.3 Å². The van der Waals surface area contributed by atoms with Gasteiger partial charge in [-0.15, -0.1) is 0 Å². The van der Waals surface area contributed by atoms with E-state index in [2.05, 4.69) is 41.8 Å². The van der Waals surface area contributed by atoms with Crippen molar-refractivity contribution < 1.29 is 4.79 Å². The van der Waals surface area contributed by atoms with E-state index < -0.39 is 0 Å². The summed E-state index contributed by atoms with van der Waals surface area (Å²) >= 11 is 0. The molecule has 1 saturated heterocycles. The van der Waals surface area contributed by atoms with Crippen molar-refractivity contribution in [1.82, 2.24) is 10.6 Å². The van der Waals surface area contributed by atoms with E-state index in [1.807, 2.05) is 0 Å². The third kappa shape index (κ3) is 2.83. The lowest BCUT2D eigenvalue weighted by Crippen LogP contribution is -2.51. The Morgan fingerprint density at radius 3 is 2.88 bits per heavy atom. The van der Waals surface area contributed by atoms with Crippen molar-refractivity contribution >= 4 is 5.91 Å². The molecule has 1 aliphatic heterocycles. The zero-order valence-corrected chi connectivity index (χ0v) is 9.62. The smallest absolute Gasteiger partial charge is 0.234 e. The molecule has 1 aliphatic rings. The van der Waals surface area contributed by atoms with Crippen molar-refractivity contribution in [1.29, 1.82) is 0 Å². The Bertz CT molecular complexity index is 366. The number of carbonyl (C=O) groups is 1. The molecular weight excluding hydrogens is 200 g/mol. The molecule has 0 aromatic heterocycles. The van der Waals surface area contributed by atoms with Gasteiger partial charge in [-0.3, -0.25) is 4.79 Å². The Labute approximate surface area is 96.2 Å². The summed E-state index contributed by atoms with van der Waals surface area (Å²) in [5.41, 5.74) is 2.75. The molecule has 1 aromatic rings. The van der Waals surface area contributed by atoms with Gasteiger partial charge in [0.15, 0.2) is 0 Å². The summed E-state index contributed by atoms with van der Waals surface area (Å²) < 4.78 is 0. The van der Waals surface area contributed by atoms with E-state index in [9.17, 15) is 4.79 Å². The van der Waals surface area contributed by atoms with Gasteiger partial charge in [-0.25, -0.2) is 0 Å². The van der Waals surface area contributed by atoms with Gasteiger partial charge < -0.3 is 10.6 Å². The average molecular weight is 218 g/mol. The predicted molar refractivity (Wildman–Crippen MR) is 64.3 cm³/mol. The lowest BCUT2D eigenvalue weighted by atomic mass is 10.0. The first-order chi connectivity index (χ1) is 7.75. The van der Waals surface area contributed by atoms with Crippen LogP contribution in [0.5, 0.6) is 0 Å². The molecule has 1 amide bonds. The van der Waals surface area contributed by atoms with E-state index in [4.69, 9.17) is 0 Å². The number of piperazine rings is 1. The molecule has 16 heavy (non-hydrogen) atoms. The number of amides is 1. The molecule has 1 unspecified atom stereocenters. The second-order valence-electron chi connectivity index (χ2n) is 4.35. The van der Waals surface area contributed by atoms with Gasteiger partial charge in [-0.2, -0.15) is 0 Å². The molecular formula is C13H18N2O. The predicted octanol–water partition coefficient (Wildman–Crippen LogP) is 1.02. The molecule has 0 radical (unpaired) electrons. The summed E-state index contributed by atoms with van der Waals surface area (Å²) in [5.74, 6) is 0.104. The van der Waals surface area contributed by atoms with Crippen LogP contribution < -0.4 is 10.6 Å². The number of carbonyl (C=O) groups excluding carboxylic acids is 1. The molecule has 0 spiro atoms. The summed E-state index contributed by atoms with van der Waals surface area (Å²) in [6.45, 7) is 3.36. The number of benzene rings is 1. The van der Waals surface area contributed by atoms with Crippen LogP contribution in [0.1, 0.15) is 17.5 Å². The van der Waals surface area contributed by atoms with Crippen LogP contribution in [-0.2, 0) is 11.2 Å². The van der Waals surface area contributed by atoms with E-state index in [1.54, 1.807) is 0 Å². The number of hydrogen-bond donors (Lipinski definition) is 2. The van der Waals surface area contributed by atoms with Crippen LogP contribution in [0.2, 0.25) is 0 Å². The summed E-state index contributed by atoms with van der Waals surface area (Å²) in [5, 5.41) is 6.13. The Kier molecular flexibility index (Phi) is 3.57. The van der Waals surface area contributed by atoms with E-state index in [0.29, 0.717) is 12.6 Å². The third-order valence-corrected chi connectivity index (χ3v) is 3.12. The summed E-state index contributed by atoms with van der Waals surface area (Å²) in [6, 6.07) is 8.88. The Morgan fingerprint density at radius 2 is 2.19 bits per heavy atom. The van der Waals surface area contributed by atoms with Gasteiger partial charge in [0.2, 0.25) is 5.91 Å². The average Bonchev–Trinajstić information content (AvgIpc) is 2.30. The highest BCUT2D eigenvalue weighted by Gasteiger charge is 2.16. The minimum absolute atomic E-state index is 0.104. The lowest BCUT2D eigenvalue weighted by Gasteiger charge is -2.24. The minimum Gasteiger partial charge on any atom is -0.353 e. The highest BCUT2D eigenvalue weighted by molar-refractivity contribution is 5.78. The summed E-state index contributed by atoms with van der Waals surface area (Å²) in [7, 11) is 0. The topological polar surface area (TPSA) is 41.1 Å². The monoisotopic (exact) mass is 218 g/mol. The maximum absolute atomic E-state index is 11.0. The van der Waals surface area contributed by atoms with Crippen LogP contribution in [-0.4, -0.2) is 25.0 Å². The first-order valence-electron chi connectivity index (χ1n) is 5.80. The van der Waals surface area contributed by atoms with Gasteiger partial charge >= 0.3 is 0 Å². The highest BCUT2D eigenvalue weighted by atomic mass is 16.2. The molecule has 1 heterocycles. The number of rotatable bonds is 3. The van der Waals surface area contributed by atoms with Crippen molar-refractivity contribution in [3.8, 4) is 0 Å². The number of hydrogen-bond acceptors (Lipinski definition) is 2. The molecule has 2 N–H and O–H groups in total. The summed E-state index contributed by atoms with van der Waals surface area (Å²) in [6.07, 6.45) is 2.14. The first-order valence-corrected chi connectivity index (χ1v) is 5.80. The molecule has 3 heteroatoms. The molecule has 0 saturated carbocycles. The van der Waals surface area contributed by atoms with Gasteiger partial charge in [-0.05, 0) is 30.9 Å².